The van der Waals surface area contributed by atoms with Crippen molar-refractivity contribution in [1.82, 2.24) is 0 Å². The third-order valence-corrected chi connectivity index (χ3v) is 8.32. The van der Waals surface area contributed by atoms with Crippen molar-refractivity contribution >= 4 is 18.5 Å². The first kappa shape index (κ1) is 19.2. The van der Waals surface area contributed by atoms with Crippen molar-refractivity contribution in [3.05, 3.63) is 58.1 Å². The van der Waals surface area contributed by atoms with Gasteiger partial charge in [-0.1, -0.05) is 56.5 Å². The van der Waals surface area contributed by atoms with Crippen molar-refractivity contribution in [2.75, 3.05) is 6.16 Å². The lowest BCUT2D eigenvalue weighted by atomic mass is 10.1. The maximum atomic E-state index is 2.41. The lowest BCUT2D eigenvalue weighted by Gasteiger charge is -2.25. The molecule has 0 amide bonds. The Kier molecular flexibility index (Phi) is 7.05. The molecule has 0 aromatic heterocycles. The van der Waals surface area contributed by atoms with Gasteiger partial charge in [0.2, 0.25) is 0 Å². The van der Waals surface area contributed by atoms with Crippen LogP contribution in [0.4, 0.5) is 0 Å². The monoisotopic (exact) mass is 340 g/mol. The minimum atomic E-state index is -0.254. The van der Waals surface area contributed by atoms with Crippen molar-refractivity contribution in [1.29, 1.82) is 0 Å². The molecule has 0 bridgehead atoms. The topological polar surface area (TPSA) is 0 Å². The van der Waals surface area contributed by atoms with Gasteiger partial charge in [-0.15, -0.1) is 0 Å². The van der Waals surface area contributed by atoms with E-state index < -0.39 is 0 Å². The number of aryl methyl sites for hydroxylation is 2. The molecule has 1 unspecified atom stereocenters. The third kappa shape index (κ3) is 4.28. The Morgan fingerprint density at radius 2 is 1.33 bits per heavy atom. The number of hydrogen-bond donors (Lipinski definition) is 0. The molecule has 2 aromatic rings. The zero-order chi connectivity index (χ0) is 17.7. The minimum Gasteiger partial charge on any atom is -0.0654 e. The first-order chi connectivity index (χ1) is 11.5. The van der Waals surface area contributed by atoms with E-state index in [1.807, 2.05) is 0 Å². The predicted octanol–water partition coefficient (Wildman–Crippen LogP) is 6.24. The van der Waals surface area contributed by atoms with Crippen molar-refractivity contribution in [2.45, 2.75) is 67.2 Å². The Balaban J connectivity index is 2.43. The average Bonchev–Trinajstić information content (AvgIpc) is 2.57. The second-order valence-electron chi connectivity index (χ2n) is 7.08. The summed E-state index contributed by atoms with van der Waals surface area (Å²) in [5, 5.41) is 3.19. The SMILES string of the molecule is CCCCCCP(c1cccc(C)c1C)c1ccc(C)c(C)c1C. The van der Waals surface area contributed by atoms with Gasteiger partial charge in [0.15, 0.2) is 0 Å². The van der Waals surface area contributed by atoms with Gasteiger partial charge in [0.25, 0.3) is 0 Å². The van der Waals surface area contributed by atoms with Crippen LogP contribution < -0.4 is 10.6 Å². The predicted molar refractivity (Wildman–Crippen MR) is 112 cm³/mol. The van der Waals surface area contributed by atoms with E-state index in [2.05, 4.69) is 71.9 Å². The van der Waals surface area contributed by atoms with Gasteiger partial charge in [-0.05, 0) is 93.5 Å². The van der Waals surface area contributed by atoms with E-state index >= 15 is 0 Å². The molecule has 2 rings (SSSR count). The molecule has 0 nitrogen and oxygen atoms in total. The lowest BCUT2D eigenvalue weighted by Crippen LogP contribution is -2.20. The van der Waals surface area contributed by atoms with Gasteiger partial charge >= 0.3 is 0 Å². The Morgan fingerprint density at radius 1 is 0.667 bits per heavy atom. The van der Waals surface area contributed by atoms with Gasteiger partial charge in [-0.25, -0.2) is 0 Å². The Labute approximate surface area is 150 Å². The van der Waals surface area contributed by atoms with Crippen molar-refractivity contribution < 1.29 is 0 Å². The second-order valence-corrected chi connectivity index (χ2v) is 9.35. The molecule has 1 atom stereocenters. The molecule has 0 saturated heterocycles. The highest BCUT2D eigenvalue weighted by Crippen LogP contribution is 2.38. The standard InChI is InChI=1S/C23H33P/c1-7-8-9-10-16-24(22-13-11-12-17(2)20(22)5)23-15-14-18(3)19(4)21(23)6/h11-15H,7-10,16H2,1-6H3. The Bertz CT molecular complexity index is 685. The van der Waals surface area contributed by atoms with Gasteiger partial charge in [-0.3, -0.25) is 0 Å². The molecule has 0 aliphatic rings. The molecule has 130 valence electrons. The smallest absolute Gasteiger partial charge is 0.0163 e. The number of benzene rings is 2. The zero-order valence-electron chi connectivity index (χ0n) is 16.4. The summed E-state index contributed by atoms with van der Waals surface area (Å²) in [4.78, 5) is 0. The van der Waals surface area contributed by atoms with Crippen LogP contribution in [0.5, 0.6) is 0 Å². The van der Waals surface area contributed by atoms with Gasteiger partial charge in [0.05, 0.1) is 0 Å². The molecule has 0 aliphatic heterocycles. The van der Waals surface area contributed by atoms with Crippen LogP contribution in [0.1, 0.15) is 60.4 Å². The van der Waals surface area contributed by atoms with E-state index in [1.165, 1.54) is 59.7 Å². The molecule has 24 heavy (non-hydrogen) atoms. The van der Waals surface area contributed by atoms with Crippen LogP contribution in [-0.2, 0) is 0 Å². The molecule has 0 N–H and O–H groups in total. The summed E-state index contributed by atoms with van der Waals surface area (Å²) in [6.45, 7) is 13.7. The largest absolute Gasteiger partial charge is 0.0654 e. The molecular weight excluding hydrogens is 307 g/mol. The molecule has 0 heterocycles. The maximum Gasteiger partial charge on any atom is -0.0163 e. The molecular formula is C23H33P. The number of hydrogen-bond acceptors (Lipinski definition) is 0. The summed E-state index contributed by atoms with van der Waals surface area (Å²) in [7, 11) is -0.254. The number of unbranched alkanes of at least 4 members (excludes halogenated alkanes) is 3. The quantitative estimate of drug-likeness (QED) is 0.413. The molecule has 0 aliphatic carbocycles. The molecule has 0 radical (unpaired) electrons. The van der Waals surface area contributed by atoms with Crippen LogP contribution in [0.25, 0.3) is 0 Å². The fourth-order valence-electron chi connectivity index (χ4n) is 3.33. The first-order valence-corrected chi connectivity index (χ1v) is 10.9. The fraction of sp³-hybridized carbons (Fsp3) is 0.478. The summed E-state index contributed by atoms with van der Waals surface area (Å²) in [5.41, 5.74) is 7.32. The van der Waals surface area contributed by atoms with E-state index in [9.17, 15) is 0 Å². The normalized spacial score (nSPS) is 12.4. The summed E-state index contributed by atoms with van der Waals surface area (Å²) in [5.74, 6) is 0. The molecule has 0 saturated carbocycles. The van der Waals surface area contributed by atoms with E-state index in [4.69, 9.17) is 0 Å². The van der Waals surface area contributed by atoms with Crippen LogP contribution >= 0.6 is 7.92 Å². The first-order valence-electron chi connectivity index (χ1n) is 9.38. The van der Waals surface area contributed by atoms with Crippen molar-refractivity contribution in [3.63, 3.8) is 0 Å². The summed E-state index contributed by atoms with van der Waals surface area (Å²) in [6, 6.07) is 11.6. The molecule has 1 heteroatoms. The van der Waals surface area contributed by atoms with Crippen LogP contribution in [0, 0.1) is 34.6 Å². The van der Waals surface area contributed by atoms with Gasteiger partial charge in [0.1, 0.15) is 0 Å². The summed E-state index contributed by atoms with van der Waals surface area (Å²) < 4.78 is 0. The third-order valence-electron chi connectivity index (χ3n) is 5.42. The summed E-state index contributed by atoms with van der Waals surface area (Å²) in [6.07, 6.45) is 6.71. The maximum absolute atomic E-state index is 2.41. The highest BCUT2D eigenvalue weighted by Gasteiger charge is 2.19. The van der Waals surface area contributed by atoms with Crippen LogP contribution in [-0.4, -0.2) is 6.16 Å². The summed E-state index contributed by atoms with van der Waals surface area (Å²) >= 11 is 0. The van der Waals surface area contributed by atoms with E-state index in [1.54, 1.807) is 10.6 Å². The van der Waals surface area contributed by atoms with Gasteiger partial charge < -0.3 is 0 Å². The Hall–Kier alpha value is -1.13. The molecule has 2 aromatic carbocycles. The van der Waals surface area contributed by atoms with Crippen LogP contribution in [0.15, 0.2) is 30.3 Å². The highest BCUT2D eigenvalue weighted by atomic mass is 31.1. The van der Waals surface area contributed by atoms with Crippen LogP contribution in [0.3, 0.4) is 0 Å². The molecule has 0 fully saturated rings. The van der Waals surface area contributed by atoms with E-state index in [0.717, 1.165) is 0 Å². The van der Waals surface area contributed by atoms with Crippen molar-refractivity contribution in [2.24, 2.45) is 0 Å². The minimum absolute atomic E-state index is 0.254. The highest BCUT2D eigenvalue weighted by molar-refractivity contribution is 7.73. The average molecular weight is 340 g/mol. The van der Waals surface area contributed by atoms with E-state index in [-0.39, 0.29) is 7.92 Å². The van der Waals surface area contributed by atoms with E-state index in [0.29, 0.717) is 0 Å². The fourth-order valence-corrected chi connectivity index (χ4v) is 6.29. The molecule has 0 spiro atoms. The number of rotatable bonds is 7. The second kappa shape index (κ2) is 8.82. The van der Waals surface area contributed by atoms with Crippen LogP contribution in [0.2, 0.25) is 0 Å². The van der Waals surface area contributed by atoms with Crippen molar-refractivity contribution in [3.8, 4) is 0 Å². The Morgan fingerprint density at radius 3 is 2.04 bits per heavy atom. The van der Waals surface area contributed by atoms with Gasteiger partial charge in [-0.2, -0.15) is 0 Å². The zero-order valence-corrected chi connectivity index (χ0v) is 17.3. The van der Waals surface area contributed by atoms with Gasteiger partial charge in [0, 0.05) is 0 Å². The lowest BCUT2D eigenvalue weighted by molar-refractivity contribution is 0.705.